The highest BCUT2D eigenvalue weighted by Crippen LogP contribution is 2.28. The summed E-state index contributed by atoms with van der Waals surface area (Å²) >= 11 is 0. The van der Waals surface area contributed by atoms with Gasteiger partial charge < -0.3 is 10.2 Å². The number of benzene rings is 1. The molecule has 1 amide bonds. The Bertz CT molecular complexity index is 621. The van der Waals surface area contributed by atoms with E-state index in [-0.39, 0.29) is 17.3 Å². The van der Waals surface area contributed by atoms with Crippen LogP contribution in [0.3, 0.4) is 0 Å². The zero-order valence-corrected chi connectivity index (χ0v) is 10.5. The number of rotatable bonds is 2. The van der Waals surface area contributed by atoms with E-state index in [9.17, 15) is 15.0 Å². The van der Waals surface area contributed by atoms with Crippen LogP contribution in [0.5, 0.6) is 11.5 Å². The first-order valence-electron chi connectivity index (χ1n) is 5.62. The quantitative estimate of drug-likeness (QED) is 0.714. The van der Waals surface area contributed by atoms with Crippen molar-refractivity contribution in [3.63, 3.8) is 0 Å². The molecule has 0 spiro atoms. The summed E-state index contributed by atoms with van der Waals surface area (Å²) in [5, 5.41) is 21.4. The minimum atomic E-state index is -0.585. The lowest BCUT2D eigenvalue weighted by Gasteiger charge is -2.07. The Hall–Kier alpha value is -2.63. The Kier molecular flexibility index (Phi) is 3.33. The molecular formula is C13H13N3O3. The summed E-state index contributed by atoms with van der Waals surface area (Å²) in [6.07, 6.45) is 0. The van der Waals surface area contributed by atoms with Crippen LogP contribution in [0.2, 0.25) is 0 Å². The van der Waals surface area contributed by atoms with Crippen molar-refractivity contribution in [2.24, 2.45) is 0 Å². The van der Waals surface area contributed by atoms with Gasteiger partial charge in [-0.15, -0.1) is 0 Å². The molecule has 98 valence electrons. The van der Waals surface area contributed by atoms with Gasteiger partial charge in [0.2, 0.25) is 5.95 Å². The molecule has 1 aromatic carbocycles. The summed E-state index contributed by atoms with van der Waals surface area (Å²) in [5.41, 5.74) is 1.41. The van der Waals surface area contributed by atoms with Gasteiger partial charge >= 0.3 is 0 Å². The van der Waals surface area contributed by atoms with Crippen LogP contribution in [-0.2, 0) is 0 Å². The van der Waals surface area contributed by atoms with Crippen molar-refractivity contribution in [1.82, 2.24) is 9.97 Å². The van der Waals surface area contributed by atoms with Crippen LogP contribution in [0, 0.1) is 13.8 Å². The number of phenols is 2. The predicted octanol–water partition coefficient (Wildman–Crippen LogP) is 1.76. The number of para-hydroxylation sites is 1. The van der Waals surface area contributed by atoms with E-state index in [1.165, 1.54) is 18.2 Å². The topological polar surface area (TPSA) is 95.3 Å². The number of nitrogens with one attached hydrogen (secondary N) is 1. The second-order valence-electron chi connectivity index (χ2n) is 4.10. The van der Waals surface area contributed by atoms with Crippen molar-refractivity contribution in [1.29, 1.82) is 0 Å². The van der Waals surface area contributed by atoms with Crippen molar-refractivity contribution in [2.75, 3.05) is 5.32 Å². The van der Waals surface area contributed by atoms with Gasteiger partial charge in [0.1, 0.15) is 0 Å². The summed E-state index contributed by atoms with van der Waals surface area (Å²) in [7, 11) is 0. The SMILES string of the molecule is Cc1cc(C)nc(NC(=O)c2cccc(O)c2O)n1. The molecule has 6 heteroatoms. The van der Waals surface area contributed by atoms with Gasteiger partial charge in [-0.3, -0.25) is 10.1 Å². The first-order chi connectivity index (χ1) is 8.97. The number of phenolic OH excluding ortho intramolecular Hbond substituents is 2. The average molecular weight is 259 g/mol. The first-order valence-corrected chi connectivity index (χ1v) is 5.62. The average Bonchev–Trinajstić information content (AvgIpc) is 2.31. The first kappa shape index (κ1) is 12.8. The van der Waals surface area contributed by atoms with Crippen molar-refractivity contribution >= 4 is 11.9 Å². The van der Waals surface area contributed by atoms with E-state index >= 15 is 0 Å². The van der Waals surface area contributed by atoms with E-state index in [0.717, 1.165) is 11.4 Å². The second-order valence-corrected chi connectivity index (χ2v) is 4.10. The van der Waals surface area contributed by atoms with Crippen molar-refractivity contribution < 1.29 is 15.0 Å². The molecule has 1 heterocycles. The van der Waals surface area contributed by atoms with Gasteiger partial charge in [0.25, 0.3) is 5.91 Å². The molecule has 0 unspecified atom stereocenters. The monoisotopic (exact) mass is 259 g/mol. The summed E-state index contributed by atoms with van der Waals surface area (Å²) in [6, 6.07) is 5.93. The van der Waals surface area contributed by atoms with Gasteiger partial charge in [0.05, 0.1) is 5.56 Å². The lowest BCUT2D eigenvalue weighted by Crippen LogP contribution is -2.15. The second kappa shape index (κ2) is 4.93. The van der Waals surface area contributed by atoms with E-state index in [1.807, 2.05) is 0 Å². The summed E-state index contributed by atoms with van der Waals surface area (Å²) in [5.74, 6) is -1.25. The molecule has 0 fully saturated rings. The number of carbonyl (C=O) groups is 1. The fraction of sp³-hybridized carbons (Fsp3) is 0.154. The highest BCUT2D eigenvalue weighted by atomic mass is 16.3. The minimum Gasteiger partial charge on any atom is -0.504 e. The smallest absolute Gasteiger partial charge is 0.261 e. The normalized spacial score (nSPS) is 10.2. The zero-order valence-electron chi connectivity index (χ0n) is 10.5. The standard InChI is InChI=1S/C13H13N3O3/c1-7-6-8(2)15-13(14-7)16-12(19)9-4-3-5-10(17)11(9)18/h3-6,17-18H,1-2H3,(H,14,15,16,19). The predicted molar refractivity (Wildman–Crippen MR) is 69.2 cm³/mol. The molecule has 0 saturated carbocycles. The summed E-state index contributed by atoms with van der Waals surface area (Å²) in [4.78, 5) is 20.1. The number of anilines is 1. The van der Waals surface area contributed by atoms with Crippen LogP contribution >= 0.6 is 0 Å². The minimum absolute atomic E-state index is 0.0391. The van der Waals surface area contributed by atoms with E-state index in [2.05, 4.69) is 15.3 Å². The third-order valence-electron chi connectivity index (χ3n) is 2.47. The lowest BCUT2D eigenvalue weighted by molar-refractivity contribution is 0.102. The Morgan fingerprint density at radius 1 is 1.16 bits per heavy atom. The molecule has 0 aliphatic rings. The number of nitrogens with zero attached hydrogens (tertiary/aromatic N) is 2. The molecule has 0 aliphatic heterocycles. The van der Waals surface area contributed by atoms with E-state index < -0.39 is 11.7 Å². The molecule has 0 saturated heterocycles. The highest BCUT2D eigenvalue weighted by Gasteiger charge is 2.15. The highest BCUT2D eigenvalue weighted by molar-refractivity contribution is 6.05. The van der Waals surface area contributed by atoms with Crippen LogP contribution in [0.25, 0.3) is 0 Å². The number of aromatic hydroxyl groups is 2. The van der Waals surface area contributed by atoms with Crippen molar-refractivity contribution in [2.45, 2.75) is 13.8 Å². The number of amides is 1. The number of hydrogen-bond donors (Lipinski definition) is 3. The molecule has 1 aromatic heterocycles. The molecular weight excluding hydrogens is 246 g/mol. The van der Waals surface area contributed by atoms with Gasteiger partial charge in [0.15, 0.2) is 11.5 Å². The molecule has 3 N–H and O–H groups in total. The van der Waals surface area contributed by atoms with Crippen LogP contribution in [0.1, 0.15) is 21.7 Å². The summed E-state index contributed by atoms with van der Waals surface area (Å²) in [6.45, 7) is 3.58. The zero-order chi connectivity index (χ0) is 14.0. The third-order valence-corrected chi connectivity index (χ3v) is 2.47. The molecule has 0 atom stereocenters. The maximum atomic E-state index is 11.9. The molecule has 0 aliphatic carbocycles. The molecule has 2 rings (SSSR count). The van der Waals surface area contributed by atoms with Crippen molar-refractivity contribution in [3.05, 3.63) is 41.2 Å². The van der Waals surface area contributed by atoms with E-state index in [0.29, 0.717) is 0 Å². The fourth-order valence-corrected chi connectivity index (χ4v) is 1.67. The number of aryl methyl sites for hydroxylation is 2. The Balaban J connectivity index is 2.28. The molecule has 6 nitrogen and oxygen atoms in total. The number of carbonyl (C=O) groups excluding carboxylic acids is 1. The van der Waals surface area contributed by atoms with Crippen LogP contribution in [-0.4, -0.2) is 26.1 Å². The Morgan fingerprint density at radius 3 is 2.42 bits per heavy atom. The van der Waals surface area contributed by atoms with Gasteiger partial charge in [-0.05, 0) is 32.0 Å². The van der Waals surface area contributed by atoms with Gasteiger partial charge in [-0.2, -0.15) is 0 Å². The van der Waals surface area contributed by atoms with Crippen LogP contribution in [0.4, 0.5) is 5.95 Å². The maximum Gasteiger partial charge on any atom is 0.261 e. The van der Waals surface area contributed by atoms with Gasteiger partial charge in [-0.25, -0.2) is 9.97 Å². The molecule has 0 bridgehead atoms. The Morgan fingerprint density at radius 2 is 1.79 bits per heavy atom. The molecule has 2 aromatic rings. The van der Waals surface area contributed by atoms with Crippen LogP contribution in [0.15, 0.2) is 24.3 Å². The lowest BCUT2D eigenvalue weighted by atomic mass is 10.2. The largest absolute Gasteiger partial charge is 0.504 e. The number of aromatic nitrogens is 2. The van der Waals surface area contributed by atoms with E-state index in [1.54, 1.807) is 19.9 Å². The third kappa shape index (κ3) is 2.79. The van der Waals surface area contributed by atoms with Crippen LogP contribution < -0.4 is 5.32 Å². The fourth-order valence-electron chi connectivity index (χ4n) is 1.67. The molecule has 0 radical (unpaired) electrons. The van der Waals surface area contributed by atoms with Crippen molar-refractivity contribution in [3.8, 4) is 11.5 Å². The van der Waals surface area contributed by atoms with E-state index in [4.69, 9.17) is 0 Å². The maximum absolute atomic E-state index is 11.9. The van der Waals surface area contributed by atoms with Gasteiger partial charge in [-0.1, -0.05) is 6.07 Å². The van der Waals surface area contributed by atoms with Gasteiger partial charge in [0, 0.05) is 11.4 Å². The Labute approximate surface area is 109 Å². The molecule has 19 heavy (non-hydrogen) atoms. The number of hydrogen-bond acceptors (Lipinski definition) is 5. The summed E-state index contributed by atoms with van der Waals surface area (Å²) < 4.78 is 0.